The summed E-state index contributed by atoms with van der Waals surface area (Å²) in [5.74, 6) is -0.435. The van der Waals surface area contributed by atoms with E-state index in [0.717, 1.165) is 21.0 Å². The third kappa shape index (κ3) is 3.64. The van der Waals surface area contributed by atoms with Crippen LogP contribution in [0.4, 0.5) is 0 Å². The van der Waals surface area contributed by atoms with E-state index in [1.165, 1.54) is 10.5 Å². The molecule has 0 radical (unpaired) electrons. The second-order valence-electron chi connectivity index (χ2n) is 7.10. The zero-order chi connectivity index (χ0) is 20.6. The van der Waals surface area contributed by atoms with E-state index in [1.807, 2.05) is 50.2 Å². The van der Waals surface area contributed by atoms with Crippen LogP contribution in [0.1, 0.15) is 33.1 Å². The Bertz CT molecular complexity index is 1180. The molecule has 0 aromatic heterocycles. The molecule has 3 aromatic carbocycles. The third-order valence-electron chi connectivity index (χ3n) is 5.08. The molecule has 4 rings (SSSR count). The van der Waals surface area contributed by atoms with Crippen LogP contribution in [0.5, 0.6) is 0 Å². The Kier molecular flexibility index (Phi) is 5.34. The summed E-state index contributed by atoms with van der Waals surface area (Å²) in [6.07, 6.45) is 0. The van der Waals surface area contributed by atoms with Crippen LogP contribution in [0.15, 0.2) is 77.7 Å². The normalized spacial score (nSPS) is 15.9. The number of benzene rings is 3. The van der Waals surface area contributed by atoms with E-state index in [9.17, 15) is 13.2 Å². The molecule has 0 spiro atoms. The number of carbonyl (C=O) groups excluding carboxylic acids is 1. The Morgan fingerprint density at radius 1 is 0.931 bits per heavy atom. The zero-order valence-electron chi connectivity index (χ0n) is 16.2. The fourth-order valence-corrected chi connectivity index (χ4v) is 7.71. The maximum atomic E-state index is 13.3. The van der Waals surface area contributed by atoms with E-state index in [1.54, 1.807) is 18.2 Å². The number of rotatable bonds is 5. The van der Waals surface area contributed by atoms with E-state index in [4.69, 9.17) is 0 Å². The summed E-state index contributed by atoms with van der Waals surface area (Å²) in [5.41, 5.74) is 3.19. The van der Waals surface area contributed by atoms with Gasteiger partial charge in [-0.3, -0.25) is 0 Å². The minimum atomic E-state index is -3.88. The molecule has 0 N–H and O–H groups in total. The molecule has 148 valence electrons. The van der Waals surface area contributed by atoms with Crippen molar-refractivity contribution in [2.45, 2.75) is 30.1 Å². The van der Waals surface area contributed by atoms with Crippen molar-refractivity contribution in [3.8, 4) is 0 Å². The van der Waals surface area contributed by atoms with Gasteiger partial charge >= 0.3 is 178 Å². The van der Waals surface area contributed by atoms with E-state index >= 15 is 0 Å². The summed E-state index contributed by atoms with van der Waals surface area (Å²) in [5, 5.41) is 0.584. The predicted octanol–water partition coefficient (Wildman–Crippen LogP) is 3.64. The molecule has 1 aliphatic heterocycles. The van der Waals surface area contributed by atoms with Gasteiger partial charge in [-0.25, -0.2) is 0 Å². The van der Waals surface area contributed by atoms with Crippen molar-refractivity contribution >= 4 is 35.3 Å². The minimum absolute atomic E-state index is 0.0205. The van der Waals surface area contributed by atoms with Gasteiger partial charge in [0.15, 0.2) is 0 Å². The Morgan fingerprint density at radius 3 is 2.34 bits per heavy atom. The Hall–Kier alpha value is -2.40. The SMILES string of the molecule is Cc1ccc(C)c(C(C[Se]c2ccccc2)N2C(=O)c3ccccc3S2(=O)=O)c1. The Morgan fingerprint density at radius 2 is 1.62 bits per heavy atom. The van der Waals surface area contributed by atoms with Gasteiger partial charge in [0.05, 0.1) is 0 Å². The fourth-order valence-electron chi connectivity index (χ4n) is 3.61. The van der Waals surface area contributed by atoms with Crippen molar-refractivity contribution in [2.24, 2.45) is 0 Å². The molecule has 0 bridgehead atoms. The summed E-state index contributed by atoms with van der Waals surface area (Å²) in [4.78, 5) is 13.3. The van der Waals surface area contributed by atoms with E-state index in [2.05, 4.69) is 12.1 Å². The van der Waals surface area contributed by atoms with Crippen molar-refractivity contribution in [2.75, 3.05) is 0 Å². The van der Waals surface area contributed by atoms with Gasteiger partial charge in [-0.05, 0) is 0 Å². The first-order chi connectivity index (χ1) is 13.9. The van der Waals surface area contributed by atoms with Crippen molar-refractivity contribution in [1.82, 2.24) is 4.31 Å². The standard InChI is InChI=1S/C23H21NO3SSe/c1-16-12-13-17(2)20(14-16)21(15-29-18-8-4-3-5-9-18)24-23(25)19-10-6-7-11-22(19)28(24,26)27/h3-14,21H,15H2,1-2H3. The van der Waals surface area contributed by atoms with Gasteiger partial charge in [0, 0.05) is 0 Å². The van der Waals surface area contributed by atoms with Crippen LogP contribution in [0.2, 0.25) is 5.32 Å². The molecule has 29 heavy (non-hydrogen) atoms. The van der Waals surface area contributed by atoms with Crippen LogP contribution in [0, 0.1) is 13.8 Å². The predicted molar refractivity (Wildman–Crippen MR) is 115 cm³/mol. The maximum absolute atomic E-state index is 13.3. The van der Waals surface area contributed by atoms with Crippen LogP contribution in [-0.4, -0.2) is 33.6 Å². The van der Waals surface area contributed by atoms with Gasteiger partial charge in [0.1, 0.15) is 0 Å². The molecular formula is C23H21NO3SSe. The molecule has 6 heteroatoms. The molecule has 0 saturated heterocycles. The summed E-state index contributed by atoms with van der Waals surface area (Å²) in [6.45, 7) is 3.95. The molecule has 1 heterocycles. The van der Waals surface area contributed by atoms with Crippen LogP contribution in [0.3, 0.4) is 0 Å². The first kappa shape index (κ1) is 19.9. The van der Waals surface area contributed by atoms with Gasteiger partial charge in [-0.2, -0.15) is 0 Å². The third-order valence-corrected chi connectivity index (χ3v) is 9.21. The number of nitrogens with zero attached hydrogens (tertiary/aromatic N) is 1. The van der Waals surface area contributed by atoms with Crippen LogP contribution in [0.25, 0.3) is 0 Å². The van der Waals surface area contributed by atoms with Gasteiger partial charge in [0.2, 0.25) is 0 Å². The van der Waals surface area contributed by atoms with Gasteiger partial charge in [0.25, 0.3) is 0 Å². The van der Waals surface area contributed by atoms with Gasteiger partial charge < -0.3 is 0 Å². The molecule has 3 aromatic rings. The Balaban J connectivity index is 1.80. The second-order valence-corrected chi connectivity index (χ2v) is 11.2. The fraction of sp³-hybridized carbons (Fsp3) is 0.174. The average Bonchev–Trinajstić information content (AvgIpc) is 2.92. The number of sulfonamides is 1. The topological polar surface area (TPSA) is 54.5 Å². The van der Waals surface area contributed by atoms with E-state index in [-0.39, 0.29) is 25.4 Å². The molecule has 1 aliphatic rings. The number of hydrogen-bond acceptors (Lipinski definition) is 3. The first-order valence-electron chi connectivity index (χ1n) is 9.32. The quantitative estimate of drug-likeness (QED) is 0.535. The van der Waals surface area contributed by atoms with Crippen LogP contribution < -0.4 is 4.46 Å². The van der Waals surface area contributed by atoms with E-state index in [0.29, 0.717) is 5.32 Å². The van der Waals surface area contributed by atoms with Crippen molar-refractivity contribution < 1.29 is 13.2 Å². The molecule has 0 aliphatic carbocycles. The number of aryl methyl sites for hydroxylation is 2. The molecule has 0 saturated carbocycles. The van der Waals surface area contributed by atoms with Crippen LogP contribution >= 0.6 is 0 Å². The second kappa shape index (κ2) is 7.79. The number of hydrogen-bond donors (Lipinski definition) is 0. The summed E-state index contributed by atoms with van der Waals surface area (Å²) in [7, 11) is -3.88. The Labute approximate surface area is 177 Å². The number of carbonyl (C=O) groups is 1. The first-order valence-corrected chi connectivity index (χ1v) is 12.8. The zero-order valence-corrected chi connectivity index (χ0v) is 18.7. The summed E-state index contributed by atoms with van der Waals surface area (Å²) >= 11 is 0.0205. The van der Waals surface area contributed by atoms with Crippen LogP contribution in [-0.2, 0) is 10.0 Å². The van der Waals surface area contributed by atoms with E-state index < -0.39 is 22.0 Å². The van der Waals surface area contributed by atoms with Crippen molar-refractivity contribution in [1.29, 1.82) is 0 Å². The monoisotopic (exact) mass is 471 g/mol. The summed E-state index contributed by atoms with van der Waals surface area (Å²) in [6, 6.07) is 22.0. The van der Waals surface area contributed by atoms with Crippen molar-refractivity contribution in [3.63, 3.8) is 0 Å². The number of fused-ring (bicyclic) bond motifs is 1. The van der Waals surface area contributed by atoms with Gasteiger partial charge in [-0.1, -0.05) is 0 Å². The van der Waals surface area contributed by atoms with Gasteiger partial charge in [-0.15, -0.1) is 0 Å². The molecule has 4 nitrogen and oxygen atoms in total. The molecule has 1 amide bonds. The summed E-state index contributed by atoms with van der Waals surface area (Å²) < 4.78 is 29.0. The molecule has 0 fully saturated rings. The molecule has 1 unspecified atom stereocenters. The average molecular weight is 470 g/mol. The molecular weight excluding hydrogens is 449 g/mol. The number of amides is 1. The molecule has 1 atom stereocenters. The van der Waals surface area contributed by atoms with Crippen molar-refractivity contribution in [3.05, 3.63) is 95.1 Å².